The van der Waals surface area contributed by atoms with Gasteiger partial charge in [0.1, 0.15) is 6.10 Å². The van der Waals surface area contributed by atoms with Crippen molar-refractivity contribution in [2.75, 3.05) is 17.7 Å². The molecule has 1 heterocycles. The van der Waals surface area contributed by atoms with E-state index in [1.807, 2.05) is 18.2 Å². The molecule has 0 bridgehead atoms. The van der Waals surface area contributed by atoms with Crippen molar-refractivity contribution < 1.29 is 20.3 Å². The van der Waals surface area contributed by atoms with E-state index in [4.69, 9.17) is 28.9 Å². The van der Waals surface area contributed by atoms with Gasteiger partial charge in [-0.2, -0.15) is 0 Å². The van der Waals surface area contributed by atoms with E-state index < -0.39 is 24.2 Å². The molecular formula is C18H21Cl2N4O3+. The lowest BCUT2D eigenvalue weighted by Crippen LogP contribution is -2.37. The van der Waals surface area contributed by atoms with Crippen LogP contribution in [-0.4, -0.2) is 45.2 Å². The van der Waals surface area contributed by atoms with E-state index in [1.54, 1.807) is 18.2 Å². The molecule has 0 spiro atoms. The number of hydrogen-bond acceptors (Lipinski definition) is 6. The van der Waals surface area contributed by atoms with E-state index in [0.717, 1.165) is 5.56 Å². The molecule has 1 aliphatic carbocycles. The van der Waals surface area contributed by atoms with Crippen LogP contribution in [0.4, 0.5) is 11.8 Å². The summed E-state index contributed by atoms with van der Waals surface area (Å²) in [5, 5.41) is 33.5. The van der Waals surface area contributed by atoms with E-state index in [2.05, 4.69) is 15.3 Å². The Labute approximate surface area is 166 Å². The van der Waals surface area contributed by atoms with E-state index in [9.17, 15) is 15.3 Å². The molecule has 7 N–H and O–H groups in total. The SMILES string of the molecule is Nc1nc(Cl)c(C=Cc2ccccc2Cl)c(NC2CC(CO)C(O)C2O)[nH+]1. The number of aromatic amines is 1. The molecule has 1 saturated carbocycles. The van der Waals surface area contributed by atoms with Crippen molar-refractivity contribution in [2.24, 2.45) is 5.92 Å². The van der Waals surface area contributed by atoms with Crippen LogP contribution in [0.2, 0.25) is 10.2 Å². The van der Waals surface area contributed by atoms with Crippen LogP contribution < -0.4 is 16.0 Å². The summed E-state index contributed by atoms with van der Waals surface area (Å²) in [4.78, 5) is 6.91. The average Bonchev–Trinajstić information content (AvgIpc) is 2.90. The molecule has 0 saturated heterocycles. The van der Waals surface area contributed by atoms with Crippen molar-refractivity contribution in [1.29, 1.82) is 0 Å². The van der Waals surface area contributed by atoms with Gasteiger partial charge in [0, 0.05) is 17.5 Å². The minimum Gasteiger partial charge on any atom is -0.396 e. The summed E-state index contributed by atoms with van der Waals surface area (Å²) in [7, 11) is 0. The Morgan fingerprint density at radius 3 is 2.63 bits per heavy atom. The van der Waals surface area contributed by atoms with Gasteiger partial charge in [0.25, 0.3) is 0 Å². The highest BCUT2D eigenvalue weighted by molar-refractivity contribution is 6.32. The Balaban J connectivity index is 1.91. The molecule has 4 unspecified atom stereocenters. The number of rotatable bonds is 5. The summed E-state index contributed by atoms with van der Waals surface area (Å²) < 4.78 is 0. The quantitative estimate of drug-likeness (QED) is 0.474. The Morgan fingerprint density at radius 1 is 1.22 bits per heavy atom. The number of hydrogen-bond donors (Lipinski definition) is 5. The standard InChI is InChI=1S/C18H20Cl2N4O3/c19-12-4-2-1-3-9(12)5-6-11-16(20)23-18(21)24-17(11)22-13-7-10(8-25)14(26)15(13)27/h1-6,10,13-15,25-27H,7-8H2,(H3,21,22,23,24)/p+1. The lowest BCUT2D eigenvalue weighted by molar-refractivity contribution is -0.348. The van der Waals surface area contributed by atoms with Gasteiger partial charge in [-0.15, -0.1) is 0 Å². The molecule has 1 aromatic carbocycles. The predicted molar refractivity (Wildman–Crippen MR) is 105 cm³/mol. The van der Waals surface area contributed by atoms with Gasteiger partial charge in [-0.1, -0.05) is 40.9 Å². The molecule has 0 aliphatic heterocycles. The number of aliphatic hydroxyl groups is 3. The number of nitrogens with one attached hydrogen (secondary N) is 2. The van der Waals surface area contributed by atoms with Gasteiger partial charge in [0.05, 0.1) is 17.7 Å². The highest BCUT2D eigenvalue weighted by Gasteiger charge is 2.42. The summed E-state index contributed by atoms with van der Waals surface area (Å²) in [5.41, 5.74) is 7.09. The van der Waals surface area contributed by atoms with Gasteiger partial charge >= 0.3 is 5.95 Å². The van der Waals surface area contributed by atoms with Crippen molar-refractivity contribution >= 4 is 47.1 Å². The van der Waals surface area contributed by atoms with E-state index in [0.29, 0.717) is 22.8 Å². The molecule has 2 aromatic rings. The Hall–Kier alpha value is -1.90. The third-order valence-electron chi connectivity index (χ3n) is 4.66. The molecule has 7 nitrogen and oxygen atoms in total. The smallest absolute Gasteiger partial charge is 0.343 e. The zero-order valence-electron chi connectivity index (χ0n) is 14.3. The molecule has 1 fully saturated rings. The fraction of sp³-hybridized carbons (Fsp3) is 0.333. The molecule has 27 heavy (non-hydrogen) atoms. The number of nitrogens with two attached hydrogens (primary N) is 1. The topological polar surface area (TPSA) is 126 Å². The van der Waals surface area contributed by atoms with Gasteiger partial charge in [-0.05, 0) is 35.7 Å². The summed E-state index contributed by atoms with van der Waals surface area (Å²) in [6.07, 6.45) is 1.86. The molecule has 144 valence electrons. The Morgan fingerprint density at radius 2 is 1.96 bits per heavy atom. The van der Waals surface area contributed by atoms with E-state index in [1.165, 1.54) is 0 Å². The van der Waals surface area contributed by atoms with Crippen LogP contribution in [0, 0.1) is 5.92 Å². The second-order valence-electron chi connectivity index (χ2n) is 6.47. The molecule has 0 radical (unpaired) electrons. The largest absolute Gasteiger partial charge is 0.396 e. The fourth-order valence-electron chi connectivity index (χ4n) is 3.18. The zero-order chi connectivity index (χ0) is 19.6. The first kappa shape index (κ1) is 19.9. The average molecular weight is 412 g/mol. The fourth-order valence-corrected chi connectivity index (χ4v) is 3.62. The van der Waals surface area contributed by atoms with Gasteiger partial charge in [0.2, 0.25) is 11.0 Å². The minimum absolute atomic E-state index is 0.101. The molecule has 1 aliphatic rings. The number of nitrogen functional groups attached to an aromatic ring is 1. The highest BCUT2D eigenvalue weighted by atomic mass is 35.5. The van der Waals surface area contributed by atoms with Crippen LogP contribution in [0.5, 0.6) is 0 Å². The number of aliphatic hydroxyl groups excluding tert-OH is 3. The summed E-state index contributed by atoms with van der Waals surface area (Å²) in [5.74, 6) is 0.143. The first-order valence-electron chi connectivity index (χ1n) is 8.45. The number of benzene rings is 1. The molecular weight excluding hydrogens is 391 g/mol. The summed E-state index contributed by atoms with van der Waals surface area (Å²) in [6, 6.07) is 6.85. The monoisotopic (exact) mass is 411 g/mol. The van der Waals surface area contributed by atoms with Crippen LogP contribution in [0.1, 0.15) is 17.5 Å². The van der Waals surface area contributed by atoms with Crippen LogP contribution in [0.3, 0.4) is 0 Å². The minimum atomic E-state index is -1.04. The lowest BCUT2D eigenvalue weighted by Gasteiger charge is -2.17. The van der Waals surface area contributed by atoms with E-state index in [-0.39, 0.29) is 17.7 Å². The number of anilines is 2. The van der Waals surface area contributed by atoms with Crippen LogP contribution in [0.15, 0.2) is 24.3 Å². The third-order valence-corrected chi connectivity index (χ3v) is 5.30. The summed E-state index contributed by atoms with van der Waals surface area (Å²) >= 11 is 12.4. The molecule has 1 aromatic heterocycles. The number of aromatic nitrogens is 2. The maximum absolute atomic E-state index is 10.2. The van der Waals surface area contributed by atoms with Crippen LogP contribution in [-0.2, 0) is 0 Å². The van der Waals surface area contributed by atoms with Gasteiger partial charge < -0.3 is 26.4 Å². The van der Waals surface area contributed by atoms with Crippen molar-refractivity contribution in [3.8, 4) is 0 Å². The Bertz CT molecular complexity index is 849. The first-order chi connectivity index (χ1) is 12.9. The second kappa shape index (κ2) is 8.41. The first-order valence-corrected chi connectivity index (χ1v) is 9.20. The normalized spacial score (nSPS) is 25.2. The Kier molecular flexibility index (Phi) is 6.18. The third kappa shape index (κ3) is 4.34. The number of H-pyrrole nitrogens is 1. The molecule has 0 amide bonds. The van der Waals surface area contributed by atoms with Crippen molar-refractivity contribution in [3.63, 3.8) is 0 Å². The zero-order valence-corrected chi connectivity index (χ0v) is 15.8. The maximum atomic E-state index is 10.2. The predicted octanol–water partition coefficient (Wildman–Crippen LogP) is 1.47. The maximum Gasteiger partial charge on any atom is 0.343 e. The van der Waals surface area contributed by atoms with Crippen molar-refractivity contribution in [2.45, 2.75) is 24.7 Å². The van der Waals surface area contributed by atoms with E-state index >= 15 is 0 Å². The second-order valence-corrected chi connectivity index (χ2v) is 7.23. The highest BCUT2D eigenvalue weighted by Crippen LogP contribution is 2.31. The van der Waals surface area contributed by atoms with Crippen molar-refractivity contribution in [1.82, 2.24) is 4.98 Å². The number of nitrogens with zero attached hydrogens (tertiary/aromatic N) is 1. The summed E-state index contributed by atoms with van der Waals surface area (Å²) in [6.45, 7) is -0.210. The number of halogens is 2. The molecule has 4 atom stereocenters. The van der Waals surface area contributed by atoms with Gasteiger partial charge in [-0.3, -0.25) is 0 Å². The van der Waals surface area contributed by atoms with Crippen LogP contribution >= 0.6 is 23.2 Å². The molecule has 9 heteroatoms. The van der Waals surface area contributed by atoms with Gasteiger partial charge in [-0.25, -0.2) is 4.98 Å². The van der Waals surface area contributed by atoms with Crippen LogP contribution in [0.25, 0.3) is 12.2 Å². The van der Waals surface area contributed by atoms with Gasteiger partial charge in [0.15, 0.2) is 0 Å². The lowest BCUT2D eigenvalue weighted by atomic mass is 10.1. The molecule has 3 rings (SSSR count). The van der Waals surface area contributed by atoms with Crippen molar-refractivity contribution in [3.05, 3.63) is 45.6 Å².